The van der Waals surface area contributed by atoms with Gasteiger partial charge in [0.05, 0.1) is 18.5 Å². The lowest BCUT2D eigenvalue weighted by atomic mass is 10.0. The minimum atomic E-state index is 0.753. The quantitative estimate of drug-likeness (QED) is 0.507. The number of terminal acetylenes is 1. The fourth-order valence-electron chi connectivity index (χ4n) is 2.41. The highest BCUT2D eigenvalue weighted by atomic mass is 16.5. The van der Waals surface area contributed by atoms with Crippen LogP contribution in [0.1, 0.15) is 25.8 Å². The van der Waals surface area contributed by atoms with E-state index in [9.17, 15) is 0 Å². The molecule has 2 rings (SSSR count). The Morgan fingerprint density at radius 2 is 1.96 bits per heavy atom. The molecule has 1 aliphatic heterocycles. The number of nitrogens with zero attached hydrogens (tertiary/aromatic N) is 3. The number of hydrogen-bond acceptors (Lipinski definition) is 5. The van der Waals surface area contributed by atoms with Crippen molar-refractivity contribution < 1.29 is 4.74 Å². The van der Waals surface area contributed by atoms with Crippen LogP contribution in [0.2, 0.25) is 0 Å². The Labute approximate surface area is 150 Å². The first-order valence-corrected chi connectivity index (χ1v) is 7.97. The maximum atomic E-state index is 5.40. The molecule has 0 aromatic carbocycles. The second-order valence-corrected chi connectivity index (χ2v) is 5.35. The summed E-state index contributed by atoms with van der Waals surface area (Å²) in [7, 11) is 5.63. The van der Waals surface area contributed by atoms with Crippen molar-refractivity contribution in [2.45, 2.75) is 20.3 Å². The predicted molar refractivity (Wildman–Crippen MR) is 105 cm³/mol. The lowest BCUT2D eigenvalue weighted by molar-refractivity contribution is 0.300. The molecule has 0 amide bonds. The van der Waals surface area contributed by atoms with E-state index in [0.717, 1.165) is 40.5 Å². The van der Waals surface area contributed by atoms with Gasteiger partial charge in [0, 0.05) is 37.8 Å². The van der Waals surface area contributed by atoms with Gasteiger partial charge >= 0.3 is 0 Å². The van der Waals surface area contributed by atoms with Crippen molar-refractivity contribution in [1.82, 2.24) is 10.4 Å². The number of rotatable bonds is 5. The van der Waals surface area contributed by atoms with Gasteiger partial charge < -0.3 is 9.64 Å². The minimum Gasteiger partial charge on any atom is -0.496 e. The largest absolute Gasteiger partial charge is 0.496 e. The summed E-state index contributed by atoms with van der Waals surface area (Å²) < 4.78 is 5.40. The van der Waals surface area contributed by atoms with Crippen molar-refractivity contribution in [3.63, 3.8) is 0 Å². The van der Waals surface area contributed by atoms with Gasteiger partial charge in [-0.15, -0.1) is 12.8 Å². The molecule has 1 aromatic heterocycles. The van der Waals surface area contributed by atoms with Crippen LogP contribution in [0.15, 0.2) is 58.7 Å². The summed E-state index contributed by atoms with van der Waals surface area (Å²) in [6.07, 6.45) is 16.7. The molecule has 5 nitrogen and oxygen atoms in total. The zero-order valence-corrected chi connectivity index (χ0v) is 15.6. The van der Waals surface area contributed by atoms with E-state index < -0.39 is 0 Å². The second-order valence-electron chi connectivity index (χ2n) is 5.35. The topological polar surface area (TPSA) is 49.8 Å². The van der Waals surface area contributed by atoms with E-state index in [2.05, 4.69) is 34.4 Å². The van der Waals surface area contributed by atoms with Crippen LogP contribution >= 0.6 is 0 Å². The van der Waals surface area contributed by atoms with Gasteiger partial charge in [-0.2, -0.15) is 5.10 Å². The highest BCUT2D eigenvalue weighted by Gasteiger charge is 2.15. The molecule has 0 saturated heterocycles. The number of pyridine rings is 1. The van der Waals surface area contributed by atoms with Gasteiger partial charge in [-0.1, -0.05) is 12.2 Å². The smallest absolute Gasteiger partial charge is 0.127 e. The average molecular weight is 338 g/mol. The molecule has 1 aliphatic rings. The standard InChI is InChI=1S/C18H24N4O.C2H2/c1-6-14(17(7-2)23-5)16-10-9-15(20-21-16)13-8-11-18(19-12-13)22(3)4;1-2/h6-8,10-12,21H,9H2,1-5H3;1-2H/b14-6-,17-7+;. The Hall–Kier alpha value is -3.00. The highest BCUT2D eigenvalue weighted by molar-refractivity contribution is 6.01. The summed E-state index contributed by atoms with van der Waals surface area (Å²) >= 11 is 0. The molecular formula is C20H26N4O. The highest BCUT2D eigenvalue weighted by Crippen LogP contribution is 2.22. The molecule has 0 atom stereocenters. The number of methoxy groups -OCH3 is 1. The first kappa shape index (κ1) is 20.0. The van der Waals surface area contributed by atoms with Gasteiger partial charge in [-0.05, 0) is 32.1 Å². The molecule has 0 spiro atoms. The molecule has 0 fully saturated rings. The van der Waals surface area contributed by atoms with Crippen LogP contribution < -0.4 is 10.3 Å². The van der Waals surface area contributed by atoms with Crippen LogP contribution in [0.4, 0.5) is 5.82 Å². The Bertz CT molecular complexity index is 707. The molecular weight excluding hydrogens is 312 g/mol. The van der Waals surface area contributed by atoms with E-state index >= 15 is 0 Å². The Balaban J connectivity index is 0.00000151. The summed E-state index contributed by atoms with van der Waals surface area (Å²) in [5, 5.41) is 4.50. The molecule has 1 aromatic rings. The van der Waals surface area contributed by atoms with Crippen molar-refractivity contribution in [2.24, 2.45) is 5.10 Å². The van der Waals surface area contributed by atoms with Crippen molar-refractivity contribution in [3.8, 4) is 12.8 Å². The van der Waals surface area contributed by atoms with Gasteiger partial charge in [-0.3, -0.25) is 5.43 Å². The van der Waals surface area contributed by atoms with E-state index in [1.807, 2.05) is 63.3 Å². The third kappa shape index (κ3) is 4.98. The third-order valence-corrected chi connectivity index (χ3v) is 3.68. The van der Waals surface area contributed by atoms with E-state index in [0.29, 0.717) is 0 Å². The Kier molecular flexibility index (Phi) is 8.01. The normalized spacial score (nSPS) is 14.4. The van der Waals surface area contributed by atoms with Crippen LogP contribution in [-0.4, -0.2) is 31.9 Å². The lowest BCUT2D eigenvalue weighted by Crippen LogP contribution is -2.19. The first-order chi connectivity index (χ1) is 12.1. The van der Waals surface area contributed by atoms with Crippen LogP contribution in [-0.2, 0) is 4.74 Å². The molecule has 132 valence electrons. The fourth-order valence-corrected chi connectivity index (χ4v) is 2.41. The van der Waals surface area contributed by atoms with E-state index in [1.54, 1.807) is 7.11 Å². The van der Waals surface area contributed by atoms with Gasteiger partial charge in [0.25, 0.3) is 0 Å². The molecule has 5 heteroatoms. The van der Waals surface area contributed by atoms with Gasteiger partial charge in [0.2, 0.25) is 0 Å². The minimum absolute atomic E-state index is 0.753. The predicted octanol–water partition coefficient (Wildman–Crippen LogP) is 3.47. The number of hydrazone groups is 1. The zero-order chi connectivity index (χ0) is 18.8. The SMILES string of the molecule is C#C.C/C=C(C1=CCC(c2ccc(N(C)C)nc2)=NN1)\C(=C/C)OC. The third-order valence-electron chi connectivity index (χ3n) is 3.68. The van der Waals surface area contributed by atoms with Crippen molar-refractivity contribution in [3.05, 3.63) is 59.2 Å². The fraction of sp³-hybridized carbons (Fsp3) is 0.300. The van der Waals surface area contributed by atoms with Crippen LogP contribution in [0.5, 0.6) is 0 Å². The maximum absolute atomic E-state index is 5.40. The molecule has 25 heavy (non-hydrogen) atoms. The summed E-state index contributed by atoms with van der Waals surface area (Å²) in [5.74, 6) is 1.77. The summed E-state index contributed by atoms with van der Waals surface area (Å²) in [4.78, 5) is 6.41. The monoisotopic (exact) mass is 338 g/mol. The number of anilines is 1. The van der Waals surface area contributed by atoms with Crippen molar-refractivity contribution in [2.75, 3.05) is 26.1 Å². The molecule has 0 bridgehead atoms. The molecule has 0 unspecified atom stereocenters. The Morgan fingerprint density at radius 3 is 2.36 bits per heavy atom. The second kappa shape index (κ2) is 9.99. The van der Waals surface area contributed by atoms with Gasteiger partial charge in [0.15, 0.2) is 0 Å². The Morgan fingerprint density at radius 1 is 1.24 bits per heavy atom. The number of hydrogen-bond donors (Lipinski definition) is 1. The zero-order valence-electron chi connectivity index (χ0n) is 15.6. The lowest BCUT2D eigenvalue weighted by Gasteiger charge is -2.19. The number of aromatic nitrogens is 1. The molecule has 1 N–H and O–H groups in total. The average Bonchev–Trinajstić information content (AvgIpc) is 2.68. The van der Waals surface area contributed by atoms with Crippen LogP contribution in [0, 0.1) is 12.8 Å². The van der Waals surface area contributed by atoms with Crippen LogP contribution in [0.3, 0.4) is 0 Å². The summed E-state index contributed by atoms with van der Waals surface area (Å²) in [6, 6.07) is 4.04. The summed E-state index contributed by atoms with van der Waals surface area (Å²) in [6.45, 7) is 3.95. The van der Waals surface area contributed by atoms with Crippen LogP contribution in [0.25, 0.3) is 0 Å². The molecule has 0 saturated carbocycles. The molecule has 2 heterocycles. The van der Waals surface area contributed by atoms with Gasteiger partial charge in [-0.25, -0.2) is 4.98 Å². The number of ether oxygens (including phenoxy) is 1. The van der Waals surface area contributed by atoms with E-state index in [-0.39, 0.29) is 0 Å². The molecule has 0 radical (unpaired) electrons. The van der Waals surface area contributed by atoms with Gasteiger partial charge in [0.1, 0.15) is 11.6 Å². The van der Waals surface area contributed by atoms with E-state index in [4.69, 9.17) is 4.74 Å². The van der Waals surface area contributed by atoms with E-state index in [1.165, 1.54) is 0 Å². The van der Waals surface area contributed by atoms with Crippen molar-refractivity contribution >= 4 is 11.5 Å². The summed E-state index contributed by atoms with van der Waals surface area (Å²) in [5.41, 5.74) is 7.10. The number of allylic oxidation sites excluding steroid dienone is 3. The number of nitrogens with one attached hydrogen (secondary N) is 1. The maximum Gasteiger partial charge on any atom is 0.127 e. The molecule has 0 aliphatic carbocycles. The van der Waals surface area contributed by atoms with Crippen molar-refractivity contribution in [1.29, 1.82) is 0 Å². The first-order valence-electron chi connectivity index (χ1n) is 7.97.